The predicted molar refractivity (Wildman–Crippen MR) is 83.8 cm³/mol. The van der Waals surface area contributed by atoms with Crippen molar-refractivity contribution >= 4 is 9.84 Å². The Morgan fingerprint density at radius 1 is 1.33 bits per heavy atom. The monoisotopic (exact) mass is 309 g/mol. The van der Waals surface area contributed by atoms with E-state index in [0.717, 1.165) is 0 Å². The van der Waals surface area contributed by atoms with Gasteiger partial charge in [-0.2, -0.15) is 5.26 Å². The lowest BCUT2D eigenvalue weighted by atomic mass is 10.0. The van der Waals surface area contributed by atoms with E-state index in [2.05, 4.69) is 24.1 Å². The van der Waals surface area contributed by atoms with Crippen molar-refractivity contribution in [2.75, 3.05) is 32.9 Å². The summed E-state index contributed by atoms with van der Waals surface area (Å²) in [7, 11) is 0.626. The third-order valence-corrected chi connectivity index (χ3v) is 5.35. The van der Waals surface area contributed by atoms with Gasteiger partial charge in [-0.25, -0.2) is 8.42 Å². The number of sulfone groups is 1. The van der Waals surface area contributed by atoms with E-state index in [0.29, 0.717) is 18.7 Å². The second-order valence-corrected chi connectivity index (χ2v) is 7.95. The van der Waals surface area contributed by atoms with Crippen molar-refractivity contribution in [3.63, 3.8) is 0 Å². The molecule has 116 valence electrons. The molecule has 0 heterocycles. The van der Waals surface area contributed by atoms with Crippen LogP contribution in [0.5, 0.6) is 0 Å². The van der Waals surface area contributed by atoms with Gasteiger partial charge in [-0.3, -0.25) is 0 Å². The second kappa shape index (κ2) is 7.03. The van der Waals surface area contributed by atoms with E-state index in [1.807, 2.05) is 20.2 Å². The molecule has 0 radical (unpaired) electrons. The Bertz CT molecular complexity index is 616. The molecule has 6 heteroatoms. The van der Waals surface area contributed by atoms with Crippen molar-refractivity contribution in [3.05, 3.63) is 29.8 Å². The van der Waals surface area contributed by atoms with Crippen LogP contribution >= 0.6 is 0 Å². The van der Waals surface area contributed by atoms with Gasteiger partial charge in [0.15, 0.2) is 9.84 Å². The first-order chi connectivity index (χ1) is 9.69. The highest BCUT2D eigenvalue weighted by Gasteiger charge is 2.20. The molecule has 5 nitrogen and oxygen atoms in total. The third kappa shape index (κ3) is 5.12. The molecule has 0 atom stereocenters. The Morgan fingerprint density at radius 3 is 2.57 bits per heavy atom. The van der Waals surface area contributed by atoms with Gasteiger partial charge in [0, 0.05) is 18.6 Å². The number of hydrogen-bond acceptors (Lipinski definition) is 5. The van der Waals surface area contributed by atoms with Crippen molar-refractivity contribution in [3.8, 4) is 6.07 Å². The summed E-state index contributed by atoms with van der Waals surface area (Å²) in [5, 5.41) is 12.0. The number of rotatable bonds is 7. The minimum absolute atomic E-state index is 0.0192. The fourth-order valence-electron chi connectivity index (χ4n) is 1.64. The van der Waals surface area contributed by atoms with E-state index < -0.39 is 9.84 Å². The largest absolute Gasteiger partial charge is 0.314 e. The lowest BCUT2D eigenvalue weighted by molar-refractivity contribution is 0.191. The van der Waals surface area contributed by atoms with Crippen LogP contribution < -0.4 is 5.32 Å². The van der Waals surface area contributed by atoms with E-state index >= 15 is 0 Å². The molecule has 1 aromatic carbocycles. The molecule has 1 aromatic rings. The highest BCUT2D eigenvalue weighted by Crippen LogP contribution is 2.13. The van der Waals surface area contributed by atoms with Crippen LogP contribution in [-0.4, -0.2) is 51.8 Å². The first-order valence-electron chi connectivity index (χ1n) is 6.80. The lowest BCUT2D eigenvalue weighted by Crippen LogP contribution is -2.47. The third-order valence-electron chi connectivity index (χ3n) is 3.64. The van der Waals surface area contributed by atoms with Crippen LogP contribution in [0.2, 0.25) is 0 Å². The van der Waals surface area contributed by atoms with E-state index in [9.17, 15) is 8.42 Å². The van der Waals surface area contributed by atoms with Crippen LogP contribution in [0.25, 0.3) is 0 Å². The number of nitrogens with one attached hydrogen (secondary N) is 1. The maximum Gasteiger partial charge on any atom is 0.179 e. The minimum Gasteiger partial charge on any atom is -0.314 e. The molecule has 0 aromatic heterocycles. The molecular formula is C15H23N3O2S. The Kier molecular flexibility index (Phi) is 5.90. The molecule has 0 aliphatic heterocycles. The van der Waals surface area contributed by atoms with Gasteiger partial charge >= 0.3 is 0 Å². The zero-order valence-corrected chi connectivity index (χ0v) is 13.9. The van der Waals surface area contributed by atoms with Gasteiger partial charge in [-0.1, -0.05) is 6.07 Å². The molecule has 0 bridgehead atoms. The van der Waals surface area contributed by atoms with Crippen molar-refractivity contribution in [1.29, 1.82) is 5.26 Å². The van der Waals surface area contributed by atoms with Gasteiger partial charge in [0.25, 0.3) is 0 Å². The molecule has 0 amide bonds. The van der Waals surface area contributed by atoms with E-state index in [1.54, 1.807) is 12.1 Å². The Hall–Kier alpha value is -1.42. The van der Waals surface area contributed by atoms with Gasteiger partial charge in [0.05, 0.1) is 22.3 Å². The average molecular weight is 309 g/mol. The second-order valence-electron chi connectivity index (χ2n) is 5.84. The molecule has 0 aliphatic carbocycles. The van der Waals surface area contributed by atoms with E-state index in [1.165, 1.54) is 12.1 Å². The van der Waals surface area contributed by atoms with Crippen molar-refractivity contribution in [2.45, 2.75) is 24.3 Å². The fraction of sp³-hybridized carbons (Fsp3) is 0.533. The molecule has 0 saturated carbocycles. The highest BCUT2D eigenvalue weighted by molar-refractivity contribution is 7.91. The maximum atomic E-state index is 12.2. The zero-order valence-electron chi connectivity index (χ0n) is 13.0. The number of hydrogen-bond donors (Lipinski definition) is 1. The fourth-order valence-corrected chi connectivity index (χ4v) is 2.88. The number of benzene rings is 1. The quantitative estimate of drug-likeness (QED) is 0.768. The van der Waals surface area contributed by atoms with Gasteiger partial charge in [-0.15, -0.1) is 0 Å². The number of nitrogens with zero attached hydrogens (tertiary/aromatic N) is 2. The molecule has 0 spiro atoms. The normalized spacial score (nSPS) is 12.4. The van der Waals surface area contributed by atoms with Gasteiger partial charge in [-0.05, 0) is 46.1 Å². The van der Waals surface area contributed by atoms with Crippen LogP contribution in [-0.2, 0) is 9.84 Å². The molecule has 0 fully saturated rings. The van der Waals surface area contributed by atoms with Crippen LogP contribution in [0.3, 0.4) is 0 Å². The highest BCUT2D eigenvalue weighted by atomic mass is 32.2. The standard InChI is InChI=1S/C15H23N3O2S/c1-15(2,18(3)4)12-17-8-9-21(19,20)14-7-5-6-13(10-14)11-16/h5-7,10,17H,8-9,12H2,1-4H3. The molecule has 21 heavy (non-hydrogen) atoms. The molecule has 1 N–H and O–H groups in total. The minimum atomic E-state index is -3.36. The molecule has 1 rings (SSSR count). The first-order valence-corrected chi connectivity index (χ1v) is 8.45. The molecule has 0 saturated heterocycles. The number of likely N-dealkylation sites (N-methyl/N-ethyl adjacent to an activating group) is 1. The summed E-state index contributed by atoms with van der Waals surface area (Å²) in [6, 6.07) is 8.08. The summed E-state index contributed by atoms with van der Waals surface area (Å²) >= 11 is 0. The van der Waals surface area contributed by atoms with E-state index in [-0.39, 0.29) is 16.2 Å². The van der Waals surface area contributed by atoms with Crippen LogP contribution in [0.1, 0.15) is 19.4 Å². The predicted octanol–water partition coefficient (Wildman–Crippen LogP) is 1.26. The summed E-state index contributed by atoms with van der Waals surface area (Å²) in [6.07, 6.45) is 0. The molecule has 0 unspecified atom stereocenters. The SMILES string of the molecule is CN(C)C(C)(C)CNCCS(=O)(=O)c1cccc(C#N)c1. The lowest BCUT2D eigenvalue weighted by Gasteiger charge is -2.32. The Morgan fingerprint density at radius 2 is 2.00 bits per heavy atom. The van der Waals surface area contributed by atoms with Gasteiger partial charge < -0.3 is 10.2 Å². The summed E-state index contributed by atoms with van der Waals surface area (Å²) in [5.74, 6) is 0.0192. The number of nitriles is 1. The van der Waals surface area contributed by atoms with Gasteiger partial charge in [0.2, 0.25) is 0 Å². The smallest absolute Gasteiger partial charge is 0.179 e. The topological polar surface area (TPSA) is 73.2 Å². The zero-order chi connectivity index (χ0) is 16.1. The first kappa shape index (κ1) is 17.6. The molecular weight excluding hydrogens is 286 g/mol. The van der Waals surface area contributed by atoms with Gasteiger partial charge in [0.1, 0.15) is 0 Å². The Labute approximate surface area is 127 Å². The van der Waals surface area contributed by atoms with Crippen LogP contribution in [0.4, 0.5) is 0 Å². The molecule has 0 aliphatic rings. The average Bonchev–Trinajstić information content (AvgIpc) is 2.43. The van der Waals surface area contributed by atoms with Crippen molar-refractivity contribution < 1.29 is 8.42 Å². The summed E-state index contributed by atoms with van der Waals surface area (Å²) in [4.78, 5) is 2.29. The Balaban J connectivity index is 2.60. The van der Waals surface area contributed by atoms with Crippen LogP contribution in [0.15, 0.2) is 29.2 Å². The summed E-state index contributed by atoms with van der Waals surface area (Å²) in [5.41, 5.74) is 0.322. The van der Waals surface area contributed by atoms with Crippen LogP contribution in [0, 0.1) is 11.3 Å². The summed E-state index contributed by atoms with van der Waals surface area (Å²) in [6.45, 7) is 5.26. The van der Waals surface area contributed by atoms with Crippen molar-refractivity contribution in [2.24, 2.45) is 0 Å². The van der Waals surface area contributed by atoms with E-state index in [4.69, 9.17) is 5.26 Å². The van der Waals surface area contributed by atoms with Crippen molar-refractivity contribution in [1.82, 2.24) is 10.2 Å². The summed E-state index contributed by atoms with van der Waals surface area (Å²) < 4.78 is 24.4. The maximum absolute atomic E-state index is 12.2.